The maximum absolute atomic E-state index is 12.6. The average molecular weight is 314 g/mol. The minimum Gasteiger partial charge on any atom is -0.481 e. The summed E-state index contributed by atoms with van der Waals surface area (Å²) in [6.07, 6.45) is 3.18. The van der Waals surface area contributed by atoms with Crippen molar-refractivity contribution in [1.82, 2.24) is 14.8 Å². The molecule has 0 amide bonds. The van der Waals surface area contributed by atoms with Gasteiger partial charge in [0.15, 0.2) is 0 Å². The van der Waals surface area contributed by atoms with Crippen molar-refractivity contribution in [3.63, 3.8) is 0 Å². The summed E-state index contributed by atoms with van der Waals surface area (Å²) in [7, 11) is -3.89. The number of rotatable bonds is 6. The van der Waals surface area contributed by atoms with Gasteiger partial charge in [0.1, 0.15) is 4.90 Å². The third-order valence-corrected chi connectivity index (χ3v) is 3.79. The number of carboxylic acids is 1. The molecular weight excluding hydrogens is 303 g/mol. The van der Waals surface area contributed by atoms with Gasteiger partial charge in [-0.3, -0.25) is 14.2 Å². The number of hydrogen-bond acceptors (Lipinski definition) is 5. The molecule has 2 aromatic rings. The number of nitrogens with zero attached hydrogens (tertiary/aromatic N) is 3. The van der Waals surface area contributed by atoms with Gasteiger partial charge in [0.05, 0.1) is 31.0 Å². The molecule has 0 atom stereocenters. The summed E-state index contributed by atoms with van der Waals surface area (Å²) in [6.45, 7) is 0.0585. The molecule has 8 nitrogen and oxygen atoms in total. The molecule has 0 unspecified atom stereocenters. The molecule has 0 aliphatic carbocycles. The second-order valence-corrected chi connectivity index (χ2v) is 5.74. The zero-order valence-corrected chi connectivity index (χ0v) is 11.4. The van der Waals surface area contributed by atoms with Crippen molar-refractivity contribution in [1.29, 1.82) is 0 Å². The van der Waals surface area contributed by atoms with E-state index in [9.17, 15) is 17.6 Å². The Balaban J connectivity index is 2.12. The number of carbonyl (C=O) groups is 1. The van der Waals surface area contributed by atoms with E-state index < -0.39 is 21.9 Å². The molecule has 0 aliphatic rings. The molecule has 10 heteroatoms. The van der Waals surface area contributed by atoms with E-state index in [2.05, 4.69) is 14.8 Å². The fourth-order valence-corrected chi connectivity index (χ4v) is 2.46. The van der Waals surface area contributed by atoms with Gasteiger partial charge in [-0.2, -0.15) is 9.49 Å². The Kier molecular flexibility index (Phi) is 4.17. The smallest absolute Gasteiger partial charge is 0.305 e. The van der Waals surface area contributed by atoms with Gasteiger partial charge in [-0.25, -0.2) is 13.4 Å². The largest absolute Gasteiger partial charge is 0.481 e. The highest BCUT2D eigenvalue weighted by atomic mass is 32.2. The Morgan fingerprint density at radius 2 is 2.14 bits per heavy atom. The molecular formula is C11H11FN4O4S. The first-order chi connectivity index (χ1) is 9.87. The van der Waals surface area contributed by atoms with Crippen LogP contribution in [0.15, 0.2) is 35.6 Å². The average Bonchev–Trinajstić information content (AvgIpc) is 2.88. The number of pyridine rings is 1. The van der Waals surface area contributed by atoms with Crippen LogP contribution in [0.1, 0.15) is 6.42 Å². The van der Waals surface area contributed by atoms with E-state index in [0.29, 0.717) is 0 Å². The summed E-state index contributed by atoms with van der Waals surface area (Å²) in [5.74, 6) is -1.73. The van der Waals surface area contributed by atoms with Crippen molar-refractivity contribution in [2.24, 2.45) is 0 Å². The fraction of sp³-hybridized carbons (Fsp3) is 0.182. The normalized spacial score (nSPS) is 11.3. The second kappa shape index (κ2) is 5.87. The molecule has 0 aromatic carbocycles. The number of anilines is 1. The molecule has 0 spiro atoms. The maximum Gasteiger partial charge on any atom is 0.305 e. The van der Waals surface area contributed by atoms with Crippen LogP contribution in [-0.4, -0.2) is 34.3 Å². The standard InChI is InChI=1S/C11H11FN4O4S/c12-10-2-1-8(5-13-10)15-21(19,20)9-6-14-16(7-9)4-3-11(17)18/h1-2,5-7,15H,3-4H2,(H,17,18). The molecule has 2 N–H and O–H groups in total. The number of hydrogen-bond donors (Lipinski definition) is 2. The summed E-state index contributed by atoms with van der Waals surface area (Å²) < 4.78 is 40.1. The first-order valence-corrected chi connectivity index (χ1v) is 7.24. The Morgan fingerprint density at radius 1 is 1.38 bits per heavy atom. The highest BCUT2D eigenvalue weighted by Gasteiger charge is 2.17. The maximum atomic E-state index is 12.6. The lowest BCUT2D eigenvalue weighted by Gasteiger charge is -2.05. The number of aryl methyl sites for hydroxylation is 1. The van der Waals surface area contributed by atoms with Crippen LogP contribution in [0.5, 0.6) is 0 Å². The van der Waals surface area contributed by atoms with Gasteiger partial charge in [0.25, 0.3) is 10.0 Å². The van der Waals surface area contributed by atoms with Gasteiger partial charge in [-0.05, 0) is 12.1 Å². The Hall–Kier alpha value is -2.49. The van der Waals surface area contributed by atoms with Crippen molar-refractivity contribution >= 4 is 21.7 Å². The third-order valence-electron chi connectivity index (χ3n) is 2.45. The van der Waals surface area contributed by atoms with E-state index in [0.717, 1.165) is 18.5 Å². The van der Waals surface area contributed by atoms with Crippen LogP contribution in [0, 0.1) is 5.95 Å². The minimum absolute atomic E-state index is 0.0585. The van der Waals surface area contributed by atoms with Crippen LogP contribution >= 0.6 is 0 Å². The van der Waals surface area contributed by atoms with Crippen molar-refractivity contribution in [3.8, 4) is 0 Å². The van der Waals surface area contributed by atoms with Crippen molar-refractivity contribution in [2.45, 2.75) is 17.9 Å². The molecule has 2 rings (SSSR count). The quantitative estimate of drug-likeness (QED) is 0.758. The molecule has 2 aromatic heterocycles. The number of sulfonamides is 1. The number of halogens is 1. The van der Waals surface area contributed by atoms with Crippen LogP contribution < -0.4 is 4.72 Å². The molecule has 0 saturated carbocycles. The van der Waals surface area contributed by atoms with Crippen LogP contribution in [0.4, 0.5) is 10.1 Å². The van der Waals surface area contributed by atoms with Crippen LogP contribution in [0.3, 0.4) is 0 Å². The minimum atomic E-state index is -3.89. The first kappa shape index (κ1) is 14.9. The number of carboxylic acid groups (broad SMARTS) is 1. The van der Waals surface area contributed by atoms with Crippen molar-refractivity contribution in [2.75, 3.05) is 4.72 Å². The fourth-order valence-electron chi connectivity index (χ4n) is 1.47. The summed E-state index contributed by atoms with van der Waals surface area (Å²) >= 11 is 0. The Labute approximate surface area is 119 Å². The lowest BCUT2D eigenvalue weighted by atomic mass is 10.4. The second-order valence-electron chi connectivity index (χ2n) is 4.06. The van der Waals surface area contributed by atoms with E-state index in [1.54, 1.807) is 0 Å². The predicted octanol–water partition coefficient (Wildman–Crippen LogP) is 0.693. The highest BCUT2D eigenvalue weighted by molar-refractivity contribution is 7.92. The molecule has 112 valence electrons. The number of aromatic nitrogens is 3. The lowest BCUT2D eigenvalue weighted by Crippen LogP contribution is -2.12. The van der Waals surface area contributed by atoms with Gasteiger partial charge in [0.2, 0.25) is 5.95 Å². The zero-order chi connectivity index (χ0) is 15.5. The van der Waals surface area contributed by atoms with E-state index >= 15 is 0 Å². The molecule has 0 saturated heterocycles. The monoisotopic (exact) mass is 314 g/mol. The summed E-state index contributed by atoms with van der Waals surface area (Å²) in [5, 5.41) is 12.3. The summed E-state index contributed by atoms with van der Waals surface area (Å²) in [5.41, 5.74) is 0.106. The van der Waals surface area contributed by atoms with Crippen molar-refractivity contribution in [3.05, 3.63) is 36.7 Å². The predicted molar refractivity (Wildman–Crippen MR) is 69.5 cm³/mol. The highest BCUT2D eigenvalue weighted by Crippen LogP contribution is 2.14. The van der Waals surface area contributed by atoms with Gasteiger partial charge in [-0.15, -0.1) is 0 Å². The zero-order valence-electron chi connectivity index (χ0n) is 10.6. The van der Waals surface area contributed by atoms with Crippen LogP contribution in [0.25, 0.3) is 0 Å². The third kappa shape index (κ3) is 3.99. The number of aliphatic carboxylic acids is 1. The summed E-state index contributed by atoms with van der Waals surface area (Å²) in [6, 6.07) is 2.25. The van der Waals surface area contributed by atoms with Crippen LogP contribution in [-0.2, 0) is 21.4 Å². The van der Waals surface area contributed by atoms with E-state index in [4.69, 9.17) is 5.11 Å². The van der Waals surface area contributed by atoms with E-state index in [1.165, 1.54) is 16.9 Å². The molecule has 0 fully saturated rings. The van der Waals surface area contributed by atoms with Gasteiger partial charge >= 0.3 is 5.97 Å². The summed E-state index contributed by atoms with van der Waals surface area (Å²) in [4.78, 5) is 13.6. The van der Waals surface area contributed by atoms with Crippen LogP contribution in [0.2, 0.25) is 0 Å². The Bertz CT molecular complexity index is 742. The Morgan fingerprint density at radius 3 is 2.76 bits per heavy atom. The molecule has 0 radical (unpaired) electrons. The van der Waals surface area contributed by atoms with Gasteiger partial charge in [-0.1, -0.05) is 0 Å². The lowest BCUT2D eigenvalue weighted by molar-refractivity contribution is -0.137. The van der Waals surface area contributed by atoms with E-state index in [1.807, 2.05) is 0 Å². The molecule has 0 bridgehead atoms. The molecule has 0 aliphatic heterocycles. The van der Waals surface area contributed by atoms with Gasteiger partial charge in [0, 0.05) is 6.20 Å². The van der Waals surface area contributed by atoms with Crippen molar-refractivity contribution < 1.29 is 22.7 Å². The first-order valence-electron chi connectivity index (χ1n) is 5.75. The molecule has 21 heavy (non-hydrogen) atoms. The molecule has 2 heterocycles. The van der Waals surface area contributed by atoms with E-state index in [-0.39, 0.29) is 23.5 Å². The number of nitrogens with one attached hydrogen (secondary N) is 1. The topological polar surface area (TPSA) is 114 Å². The van der Waals surface area contributed by atoms with Gasteiger partial charge < -0.3 is 5.11 Å². The SMILES string of the molecule is O=C(O)CCn1cc(S(=O)(=O)Nc2ccc(F)nc2)cn1.